The number of carboxylic acids is 1. The summed E-state index contributed by atoms with van der Waals surface area (Å²) in [4.78, 5) is 23.6. The summed E-state index contributed by atoms with van der Waals surface area (Å²) in [6.45, 7) is 9.17. The zero-order valence-corrected chi connectivity index (χ0v) is 14.8. The predicted molar refractivity (Wildman–Crippen MR) is 93.7 cm³/mol. The number of amides is 1. The second kappa shape index (κ2) is 6.91. The lowest BCUT2D eigenvalue weighted by Crippen LogP contribution is -2.40. The summed E-state index contributed by atoms with van der Waals surface area (Å²) in [5.74, 6) is -1.81. The fourth-order valence-corrected chi connectivity index (χ4v) is 2.78. The Hall–Kier alpha value is -2.56. The monoisotopic (exact) mass is 328 g/mol. The van der Waals surface area contributed by atoms with Crippen LogP contribution in [0.3, 0.4) is 0 Å². The lowest BCUT2D eigenvalue weighted by Gasteiger charge is -2.18. The number of carbonyl (C=O) groups is 2. The Balaban J connectivity index is 2.31. The average molecular weight is 328 g/mol. The van der Waals surface area contributed by atoms with Crippen LogP contribution < -0.4 is 5.32 Å². The van der Waals surface area contributed by atoms with Crippen LogP contribution in [0.2, 0.25) is 0 Å². The van der Waals surface area contributed by atoms with Crippen molar-refractivity contribution in [2.24, 2.45) is 5.92 Å². The van der Waals surface area contributed by atoms with Crippen molar-refractivity contribution in [3.8, 4) is 5.69 Å². The first-order valence-corrected chi connectivity index (χ1v) is 8.02. The van der Waals surface area contributed by atoms with Crippen LogP contribution in [0.15, 0.2) is 30.3 Å². The Bertz CT molecular complexity index is 777. The molecule has 0 fully saturated rings. The van der Waals surface area contributed by atoms with Crippen molar-refractivity contribution in [2.75, 3.05) is 0 Å². The molecule has 0 saturated heterocycles. The summed E-state index contributed by atoms with van der Waals surface area (Å²) in [5, 5.41) is 11.8. The zero-order valence-electron chi connectivity index (χ0n) is 14.8. The van der Waals surface area contributed by atoms with E-state index in [0.717, 1.165) is 22.6 Å². The highest BCUT2D eigenvalue weighted by atomic mass is 16.4. The first-order chi connectivity index (χ1) is 11.2. The lowest BCUT2D eigenvalue weighted by atomic mass is 10.0. The van der Waals surface area contributed by atoms with Crippen molar-refractivity contribution < 1.29 is 14.7 Å². The van der Waals surface area contributed by atoms with Gasteiger partial charge in [-0.05, 0) is 58.4 Å². The van der Waals surface area contributed by atoms with Crippen molar-refractivity contribution in [3.05, 3.63) is 52.8 Å². The van der Waals surface area contributed by atoms with Gasteiger partial charge in [0.15, 0.2) is 0 Å². The SMILES string of the molecule is Cc1cccc(-n2c(C)cc(C(=O)NC(C)C(C)C(=O)O)c2C)c1. The van der Waals surface area contributed by atoms with Crippen LogP contribution in [0.4, 0.5) is 0 Å². The van der Waals surface area contributed by atoms with E-state index in [4.69, 9.17) is 5.11 Å². The molecule has 2 N–H and O–H groups in total. The van der Waals surface area contributed by atoms with Crippen LogP contribution in [0, 0.1) is 26.7 Å². The third-order valence-corrected chi connectivity index (χ3v) is 4.43. The second-order valence-electron chi connectivity index (χ2n) is 6.35. The Labute approximate surface area is 142 Å². The number of hydrogen-bond donors (Lipinski definition) is 2. The molecule has 2 unspecified atom stereocenters. The van der Waals surface area contributed by atoms with Gasteiger partial charge >= 0.3 is 5.97 Å². The summed E-state index contributed by atoms with van der Waals surface area (Å²) in [6, 6.07) is 9.48. The molecule has 2 aromatic rings. The molecule has 2 atom stereocenters. The van der Waals surface area contributed by atoms with Crippen LogP contribution in [0.25, 0.3) is 5.69 Å². The third kappa shape index (κ3) is 3.50. The highest BCUT2D eigenvalue weighted by Crippen LogP contribution is 2.22. The maximum atomic E-state index is 12.5. The van der Waals surface area contributed by atoms with Gasteiger partial charge in [-0.15, -0.1) is 0 Å². The number of carbonyl (C=O) groups excluding carboxylic acids is 1. The van der Waals surface area contributed by atoms with E-state index in [1.54, 1.807) is 13.8 Å². The molecule has 2 rings (SSSR count). The second-order valence-corrected chi connectivity index (χ2v) is 6.35. The van der Waals surface area contributed by atoms with E-state index in [1.165, 1.54) is 0 Å². The number of aromatic nitrogens is 1. The molecule has 0 bridgehead atoms. The molecule has 0 spiro atoms. The van der Waals surface area contributed by atoms with Crippen LogP contribution >= 0.6 is 0 Å². The molecule has 0 aliphatic rings. The van der Waals surface area contributed by atoms with Gasteiger partial charge in [0.05, 0.1) is 11.5 Å². The highest BCUT2D eigenvalue weighted by Gasteiger charge is 2.23. The fraction of sp³-hybridized carbons (Fsp3) is 0.368. The largest absolute Gasteiger partial charge is 0.481 e. The van der Waals surface area contributed by atoms with Crippen molar-refractivity contribution in [1.82, 2.24) is 9.88 Å². The maximum absolute atomic E-state index is 12.5. The van der Waals surface area contributed by atoms with E-state index in [1.807, 2.05) is 49.6 Å². The summed E-state index contributed by atoms with van der Waals surface area (Å²) in [7, 11) is 0. The number of hydrogen-bond acceptors (Lipinski definition) is 2. The van der Waals surface area contributed by atoms with Crippen molar-refractivity contribution >= 4 is 11.9 Å². The van der Waals surface area contributed by atoms with Gasteiger partial charge < -0.3 is 15.0 Å². The molecule has 1 aromatic carbocycles. The Morgan fingerprint density at radius 2 is 1.79 bits per heavy atom. The summed E-state index contributed by atoms with van der Waals surface area (Å²) < 4.78 is 2.03. The minimum Gasteiger partial charge on any atom is -0.481 e. The fourth-order valence-electron chi connectivity index (χ4n) is 2.78. The molecule has 1 heterocycles. The topological polar surface area (TPSA) is 71.3 Å². The quantitative estimate of drug-likeness (QED) is 0.885. The first-order valence-electron chi connectivity index (χ1n) is 8.02. The summed E-state index contributed by atoms with van der Waals surface area (Å²) in [6.07, 6.45) is 0. The van der Waals surface area contributed by atoms with Crippen molar-refractivity contribution in [3.63, 3.8) is 0 Å². The summed E-state index contributed by atoms with van der Waals surface area (Å²) >= 11 is 0. The molecule has 0 aliphatic carbocycles. The van der Waals surface area contributed by atoms with Crippen LogP contribution in [-0.4, -0.2) is 27.6 Å². The van der Waals surface area contributed by atoms with Gasteiger partial charge in [-0.2, -0.15) is 0 Å². The first kappa shape index (κ1) is 17.8. The predicted octanol–water partition coefficient (Wildman–Crippen LogP) is 3.24. The van der Waals surface area contributed by atoms with Crippen LogP contribution in [-0.2, 0) is 4.79 Å². The molecule has 128 valence electrons. The van der Waals surface area contributed by atoms with Gasteiger partial charge in [0.25, 0.3) is 5.91 Å². The van der Waals surface area contributed by atoms with Crippen molar-refractivity contribution in [1.29, 1.82) is 0 Å². The van der Waals surface area contributed by atoms with Gasteiger partial charge in [-0.1, -0.05) is 12.1 Å². The molecule has 5 nitrogen and oxygen atoms in total. The lowest BCUT2D eigenvalue weighted by molar-refractivity contribution is -0.141. The molecule has 0 aliphatic heterocycles. The molecule has 0 radical (unpaired) electrons. The van der Waals surface area contributed by atoms with Gasteiger partial charge in [-0.25, -0.2) is 0 Å². The zero-order chi connectivity index (χ0) is 18.0. The smallest absolute Gasteiger partial charge is 0.308 e. The van der Waals surface area contributed by atoms with Gasteiger partial charge in [0.1, 0.15) is 0 Å². The molecule has 24 heavy (non-hydrogen) atoms. The number of aryl methyl sites for hydroxylation is 2. The van der Waals surface area contributed by atoms with Crippen molar-refractivity contribution in [2.45, 2.75) is 40.7 Å². The number of rotatable bonds is 5. The van der Waals surface area contributed by atoms with E-state index in [0.29, 0.717) is 5.56 Å². The minimum atomic E-state index is -0.923. The highest BCUT2D eigenvalue weighted by molar-refractivity contribution is 5.96. The van der Waals surface area contributed by atoms with E-state index in [9.17, 15) is 9.59 Å². The van der Waals surface area contributed by atoms with Gasteiger partial charge in [0, 0.05) is 23.1 Å². The van der Waals surface area contributed by atoms with E-state index in [2.05, 4.69) is 11.4 Å². The Morgan fingerprint density at radius 1 is 1.12 bits per heavy atom. The van der Waals surface area contributed by atoms with E-state index < -0.39 is 17.9 Å². The molecule has 0 saturated carbocycles. The van der Waals surface area contributed by atoms with Crippen LogP contribution in [0.1, 0.15) is 41.2 Å². The van der Waals surface area contributed by atoms with E-state index in [-0.39, 0.29) is 5.91 Å². The number of nitrogens with zero attached hydrogens (tertiary/aromatic N) is 1. The Kier molecular flexibility index (Phi) is 5.12. The number of benzene rings is 1. The Morgan fingerprint density at radius 3 is 2.38 bits per heavy atom. The molecule has 5 heteroatoms. The number of aliphatic carboxylic acids is 1. The van der Waals surface area contributed by atoms with Gasteiger partial charge in [-0.3, -0.25) is 9.59 Å². The normalized spacial score (nSPS) is 13.4. The number of nitrogens with one attached hydrogen (secondary N) is 1. The number of carboxylic acid groups (broad SMARTS) is 1. The molecular formula is C19H24N2O3. The van der Waals surface area contributed by atoms with E-state index >= 15 is 0 Å². The molecule has 1 aromatic heterocycles. The molecular weight excluding hydrogens is 304 g/mol. The third-order valence-electron chi connectivity index (χ3n) is 4.43. The summed E-state index contributed by atoms with van der Waals surface area (Å²) in [5.41, 5.74) is 4.53. The van der Waals surface area contributed by atoms with Crippen LogP contribution in [0.5, 0.6) is 0 Å². The standard InChI is InChI=1S/C19H24N2O3/c1-11-7-6-8-16(9-11)21-12(2)10-17(15(21)5)18(22)20-14(4)13(3)19(23)24/h6-10,13-14H,1-5H3,(H,20,22)(H,23,24). The molecule has 1 amide bonds. The maximum Gasteiger partial charge on any atom is 0.308 e. The minimum absolute atomic E-state index is 0.248. The average Bonchev–Trinajstić information content (AvgIpc) is 2.81. The van der Waals surface area contributed by atoms with Gasteiger partial charge in [0.2, 0.25) is 0 Å².